The summed E-state index contributed by atoms with van der Waals surface area (Å²) in [6.07, 6.45) is 1.69. The van der Waals surface area contributed by atoms with E-state index in [0.717, 1.165) is 16.7 Å². The number of aryl methyl sites for hydroxylation is 1. The van der Waals surface area contributed by atoms with Crippen LogP contribution in [0, 0.1) is 12.3 Å². The number of carbonyl (C=O) groups is 1. The van der Waals surface area contributed by atoms with E-state index in [0.29, 0.717) is 5.69 Å². The Kier molecular flexibility index (Phi) is 5.05. The van der Waals surface area contributed by atoms with Crippen LogP contribution in [-0.2, 0) is 0 Å². The number of nitrogens with zero attached hydrogens (tertiary/aromatic N) is 2. The molecule has 8 heteroatoms. The third-order valence-electron chi connectivity index (χ3n) is 3.72. The summed E-state index contributed by atoms with van der Waals surface area (Å²) in [7, 11) is 0. The normalized spacial score (nSPS) is 20.0. The number of carbonyl (C=O) groups excluding carboxylic acids is 1. The lowest BCUT2D eigenvalue weighted by Gasteiger charge is -2.26. The van der Waals surface area contributed by atoms with Crippen molar-refractivity contribution in [3.63, 3.8) is 0 Å². The van der Waals surface area contributed by atoms with Gasteiger partial charge < -0.3 is 15.4 Å². The second kappa shape index (κ2) is 6.82. The number of likely N-dealkylation sites (tertiary alicyclic amines) is 1. The molecule has 0 spiro atoms. The molecule has 1 unspecified atom stereocenters. The van der Waals surface area contributed by atoms with Gasteiger partial charge in [-0.2, -0.15) is 5.10 Å². The molecule has 2 rings (SSSR count). The second-order valence-electron chi connectivity index (χ2n) is 5.31. The summed E-state index contributed by atoms with van der Waals surface area (Å²) in [5.41, 5.74) is 3.96. The van der Waals surface area contributed by atoms with Crippen LogP contribution in [0.5, 0.6) is 0 Å². The van der Waals surface area contributed by atoms with E-state index in [1.807, 2.05) is 0 Å². The number of hydrogen-bond donors (Lipinski definition) is 3. The van der Waals surface area contributed by atoms with Crippen molar-refractivity contribution in [2.45, 2.75) is 25.3 Å². The number of halogens is 2. The first-order valence-electron chi connectivity index (χ1n) is 7.09. The van der Waals surface area contributed by atoms with Crippen LogP contribution >= 0.6 is 0 Å². The lowest BCUT2D eigenvalue weighted by atomic mass is 10.1. The van der Waals surface area contributed by atoms with Crippen LogP contribution in [0.15, 0.2) is 23.3 Å². The summed E-state index contributed by atoms with van der Waals surface area (Å²) in [4.78, 5) is 13.7. The Balaban J connectivity index is 2.33. The zero-order valence-corrected chi connectivity index (χ0v) is 12.6. The molecule has 1 atom stereocenters. The molecule has 1 fully saturated rings. The van der Waals surface area contributed by atoms with Crippen LogP contribution in [0.4, 0.5) is 14.5 Å². The Labute approximate surface area is 132 Å². The molecule has 1 aromatic carbocycles. The van der Waals surface area contributed by atoms with Gasteiger partial charge in [0, 0.05) is 19.2 Å². The Bertz CT molecular complexity index is 634. The van der Waals surface area contributed by atoms with Crippen molar-refractivity contribution in [1.82, 2.24) is 4.90 Å². The van der Waals surface area contributed by atoms with E-state index < -0.39 is 30.9 Å². The topological polar surface area (TPSA) is 88.8 Å². The van der Waals surface area contributed by atoms with Gasteiger partial charge in [-0.15, -0.1) is 0 Å². The number of alkyl halides is 2. The van der Waals surface area contributed by atoms with E-state index in [-0.39, 0.29) is 12.1 Å². The highest BCUT2D eigenvalue weighted by Gasteiger charge is 2.50. The minimum atomic E-state index is -3.10. The fourth-order valence-electron chi connectivity index (χ4n) is 2.53. The molecular formula is C15H18F2N4O2. The van der Waals surface area contributed by atoms with E-state index in [1.165, 1.54) is 6.21 Å². The second-order valence-corrected chi connectivity index (χ2v) is 5.31. The third-order valence-corrected chi connectivity index (χ3v) is 3.72. The molecule has 1 aliphatic rings. The highest BCUT2D eigenvalue weighted by molar-refractivity contribution is 6.14. The Hall–Kier alpha value is -2.35. The van der Waals surface area contributed by atoms with Crippen LogP contribution in [0.1, 0.15) is 22.3 Å². The molecular weight excluding hydrogens is 306 g/mol. The molecule has 6 nitrogen and oxygen atoms in total. The number of amides is 1. The van der Waals surface area contributed by atoms with Gasteiger partial charge in [0.25, 0.3) is 11.8 Å². The number of aliphatic hydroxyl groups is 1. The van der Waals surface area contributed by atoms with Crippen molar-refractivity contribution in [1.29, 1.82) is 5.41 Å². The van der Waals surface area contributed by atoms with E-state index in [2.05, 4.69) is 10.5 Å². The first-order valence-corrected chi connectivity index (χ1v) is 7.09. The number of anilines is 1. The fraction of sp³-hybridized carbons (Fsp3) is 0.400. The fourth-order valence-corrected chi connectivity index (χ4v) is 2.53. The van der Waals surface area contributed by atoms with Crippen LogP contribution in [0.25, 0.3) is 0 Å². The molecule has 0 bridgehead atoms. The van der Waals surface area contributed by atoms with Crippen molar-refractivity contribution in [2.75, 3.05) is 18.6 Å². The summed E-state index contributed by atoms with van der Waals surface area (Å²) in [5.74, 6) is -3.68. The predicted molar refractivity (Wildman–Crippen MR) is 83.6 cm³/mol. The van der Waals surface area contributed by atoms with Crippen molar-refractivity contribution in [2.24, 2.45) is 5.10 Å². The average Bonchev–Trinajstić information content (AvgIpc) is 2.82. The molecule has 1 heterocycles. The maximum absolute atomic E-state index is 13.7. The van der Waals surface area contributed by atoms with Gasteiger partial charge in [0.15, 0.2) is 0 Å². The lowest BCUT2D eigenvalue weighted by molar-refractivity contribution is -0.0467. The van der Waals surface area contributed by atoms with Crippen LogP contribution in [-0.4, -0.2) is 53.5 Å². The maximum atomic E-state index is 13.7. The van der Waals surface area contributed by atoms with Gasteiger partial charge in [0.1, 0.15) is 6.04 Å². The molecule has 1 amide bonds. The standard InChI is InChI=1S/C15H18F2N4O2/c1-10-2-3-12(20-19-6-5-18)11(8-10)14(23)21-7-4-15(16,17)13(21)9-22/h2-3,5-6,8,13,18,20,22H,4,7,9H2,1H3/b18-5?,19-6-. The Morgan fingerprint density at radius 3 is 3.00 bits per heavy atom. The van der Waals surface area contributed by atoms with Crippen LogP contribution in [0.3, 0.4) is 0 Å². The van der Waals surface area contributed by atoms with Crippen molar-refractivity contribution in [3.05, 3.63) is 29.3 Å². The number of nitrogens with one attached hydrogen (secondary N) is 2. The van der Waals surface area contributed by atoms with Gasteiger partial charge in [-0.05, 0) is 19.1 Å². The summed E-state index contributed by atoms with van der Waals surface area (Å²) in [6.45, 7) is 0.872. The van der Waals surface area contributed by atoms with E-state index in [1.54, 1.807) is 25.1 Å². The van der Waals surface area contributed by atoms with E-state index in [4.69, 9.17) is 5.41 Å². The minimum absolute atomic E-state index is 0.117. The maximum Gasteiger partial charge on any atom is 0.272 e. The quantitative estimate of drug-likeness (QED) is 0.571. The molecule has 1 saturated heterocycles. The average molecular weight is 324 g/mol. The number of benzene rings is 1. The van der Waals surface area contributed by atoms with Crippen molar-refractivity contribution in [3.8, 4) is 0 Å². The molecule has 3 N–H and O–H groups in total. The Morgan fingerprint density at radius 2 is 2.35 bits per heavy atom. The summed E-state index contributed by atoms with van der Waals surface area (Å²) in [5, 5.41) is 19.8. The van der Waals surface area contributed by atoms with Gasteiger partial charge in [0.2, 0.25) is 0 Å². The Morgan fingerprint density at radius 1 is 1.61 bits per heavy atom. The summed E-state index contributed by atoms with van der Waals surface area (Å²) in [6, 6.07) is 3.43. The van der Waals surface area contributed by atoms with Gasteiger partial charge in [-0.25, -0.2) is 8.78 Å². The summed E-state index contributed by atoms with van der Waals surface area (Å²) >= 11 is 0. The number of rotatable bonds is 5. The van der Waals surface area contributed by atoms with Crippen LogP contribution in [0.2, 0.25) is 0 Å². The van der Waals surface area contributed by atoms with Gasteiger partial charge in [-0.3, -0.25) is 10.2 Å². The molecule has 0 aliphatic carbocycles. The number of hydrazone groups is 1. The summed E-state index contributed by atoms with van der Waals surface area (Å²) < 4.78 is 27.5. The number of aliphatic hydroxyl groups excluding tert-OH is 1. The first kappa shape index (κ1) is 17.0. The molecule has 0 aromatic heterocycles. The van der Waals surface area contributed by atoms with Crippen molar-refractivity contribution < 1.29 is 18.7 Å². The molecule has 23 heavy (non-hydrogen) atoms. The smallest absolute Gasteiger partial charge is 0.272 e. The third kappa shape index (κ3) is 3.53. The van der Waals surface area contributed by atoms with Crippen molar-refractivity contribution >= 4 is 24.0 Å². The SMILES string of the molecule is Cc1ccc(N/N=C\C=N)c(C(=O)N2CCC(F)(F)C2CO)c1. The predicted octanol–water partition coefficient (Wildman–Crippen LogP) is 1.88. The van der Waals surface area contributed by atoms with E-state index >= 15 is 0 Å². The molecule has 0 saturated carbocycles. The molecule has 0 radical (unpaired) electrons. The largest absolute Gasteiger partial charge is 0.394 e. The highest BCUT2D eigenvalue weighted by Crippen LogP contribution is 2.35. The molecule has 1 aliphatic heterocycles. The number of hydrogen-bond acceptors (Lipinski definition) is 5. The molecule has 124 valence electrons. The monoisotopic (exact) mass is 324 g/mol. The lowest BCUT2D eigenvalue weighted by Crippen LogP contribution is -2.45. The first-order chi connectivity index (χ1) is 10.9. The van der Waals surface area contributed by atoms with Gasteiger partial charge in [0.05, 0.1) is 24.1 Å². The molecule has 1 aromatic rings. The zero-order valence-electron chi connectivity index (χ0n) is 12.6. The minimum Gasteiger partial charge on any atom is -0.394 e. The van der Waals surface area contributed by atoms with E-state index in [9.17, 15) is 18.7 Å². The van der Waals surface area contributed by atoms with Crippen LogP contribution < -0.4 is 5.43 Å². The van der Waals surface area contributed by atoms with Gasteiger partial charge in [-0.1, -0.05) is 11.6 Å². The van der Waals surface area contributed by atoms with Gasteiger partial charge >= 0.3 is 0 Å². The zero-order chi connectivity index (χ0) is 17.0. The highest BCUT2D eigenvalue weighted by atomic mass is 19.3.